The molecule has 0 aliphatic carbocycles. The number of rotatable bonds is 4. The monoisotopic (exact) mass is 305 g/mol. The molecule has 2 rings (SSSR count). The molecular formula is C12H14F3N3O3. The highest BCUT2D eigenvalue weighted by Crippen LogP contribution is 2.37. The van der Waals surface area contributed by atoms with Gasteiger partial charge >= 0.3 is 6.18 Å². The fourth-order valence-corrected chi connectivity index (χ4v) is 2.25. The number of hydrogen-bond acceptors (Lipinski definition) is 5. The van der Waals surface area contributed by atoms with Crippen molar-refractivity contribution in [2.45, 2.75) is 18.3 Å². The number of hydrogen-bond donors (Lipinski definition) is 2. The van der Waals surface area contributed by atoms with Gasteiger partial charge in [0.2, 0.25) is 0 Å². The van der Waals surface area contributed by atoms with Crippen molar-refractivity contribution in [3.63, 3.8) is 0 Å². The van der Waals surface area contributed by atoms with Crippen LogP contribution in [0.5, 0.6) is 0 Å². The lowest BCUT2D eigenvalue weighted by atomic mass is 10.1. The largest absolute Gasteiger partial charge is 0.418 e. The van der Waals surface area contributed by atoms with Crippen molar-refractivity contribution < 1.29 is 22.8 Å². The molecular weight excluding hydrogens is 291 g/mol. The second kappa shape index (κ2) is 5.86. The summed E-state index contributed by atoms with van der Waals surface area (Å²) in [6.45, 7) is 0.981. The molecule has 0 spiro atoms. The molecule has 1 fully saturated rings. The number of benzene rings is 1. The first kappa shape index (κ1) is 15.5. The van der Waals surface area contributed by atoms with Gasteiger partial charge in [0.25, 0.3) is 5.69 Å². The molecule has 21 heavy (non-hydrogen) atoms. The van der Waals surface area contributed by atoms with Crippen LogP contribution >= 0.6 is 0 Å². The SMILES string of the molecule is CO[C@H]1CNCC1Nc1ccc([N+](=O)[O-])cc1C(F)(F)F. The van der Waals surface area contributed by atoms with Gasteiger partial charge < -0.3 is 15.4 Å². The first-order chi connectivity index (χ1) is 9.82. The Morgan fingerprint density at radius 1 is 1.43 bits per heavy atom. The summed E-state index contributed by atoms with van der Waals surface area (Å²) < 4.78 is 44.3. The second-order valence-corrected chi connectivity index (χ2v) is 4.67. The van der Waals surface area contributed by atoms with E-state index in [1.165, 1.54) is 7.11 Å². The molecule has 0 bridgehead atoms. The van der Waals surface area contributed by atoms with E-state index in [2.05, 4.69) is 10.6 Å². The number of non-ortho nitro benzene ring substituents is 1. The molecule has 1 aliphatic heterocycles. The fourth-order valence-electron chi connectivity index (χ4n) is 2.25. The highest BCUT2D eigenvalue weighted by atomic mass is 19.4. The van der Waals surface area contributed by atoms with Crippen LogP contribution in [0.3, 0.4) is 0 Å². The number of nitrogens with zero attached hydrogens (tertiary/aromatic N) is 1. The summed E-state index contributed by atoms with van der Waals surface area (Å²) in [5.74, 6) is 0. The fraction of sp³-hybridized carbons (Fsp3) is 0.500. The van der Waals surface area contributed by atoms with Crippen LogP contribution in [-0.2, 0) is 10.9 Å². The second-order valence-electron chi connectivity index (χ2n) is 4.67. The minimum Gasteiger partial charge on any atom is -0.378 e. The van der Waals surface area contributed by atoms with E-state index in [0.29, 0.717) is 19.2 Å². The molecule has 0 saturated carbocycles. The molecule has 2 atom stereocenters. The zero-order valence-electron chi connectivity index (χ0n) is 11.1. The molecule has 116 valence electrons. The smallest absolute Gasteiger partial charge is 0.378 e. The Kier molecular flexibility index (Phi) is 4.33. The number of anilines is 1. The van der Waals surface area contributed by atoms with Gasteiger partial charge in [-0.1, -0.05) is 0 Å². The molecule has 1 unspecified atom stereocenters. The van der Waals surface area contributed by atoms with Gasteiger partial charge in [0.1, 0.15) is 0 Å². The van der Waals surface area contributed by atoms with Crippen molar-refractivity contribution in [1.82, 2.24) is 5.32 Å². The highest BCUT2D eigenvalue weighted by molar-refractivity contribution is 5.58. The van der Waals surface area contributed by atoms with Crippen molar-refractivity contribution >= 4 is 11.4 Å². The van der Waals surface area contributed by atoms with Crippen molar-refractivity contribution in [2.24, 2.45) is 0 Å². The topological polar surface area (TPSA) is 76.4 Å². The molecule has 0 aromatic heterocycles. The van der Waals surface area contributed by atoms with Gasteiger partial charge in [-0.3, -0.25) is 10.1 Å². The third-order valence-electron chi connectivity index (χ3n) is 3.32. The molecule has 0 amide bonds. The van der Waals surface area contributed by atoms with E-state index in [1.807, 2.05) is 0 Å². The minimum atomic E-state index is -4.68. The molecule has 1 aromatic rings. The Bertz CT molecular complexity index is 536. The zero-order chi connectivity index (χ0) is 15.6. The van der Waals surface area contributed by atoms with E-state index < -0.39 is 22.4 Å². The van der Waals surface area contributed by atoms with Gasteiger partial charge in [0.15, 0.2) is 0 Å². The van der Waals surface area contributed by atoms with E-state index in [4.69, 9.17) is 4.74 Å². The molecule has 1 aromatic carbocycles. The Hall–Kier alpha value is -1.87. The first-order valence-corrected chi connectivity index (χ1v) is 6.18. The van der Waals surface area contributed by atoms with Gasteiger partial charge in [-0.2, -0.15) is 13.2 Å². The van der Waals surface area contributed by atoms with Gasteiger partial charge in [-0.05, 0) is 6.07 Å². The quantitative estimate of drug-likeness (QED) is 0.657. The Morgan fingerprint density at radius 2 is 2.14 bits per heavy atom. The Labute approximate surface area is 118 Å². The van der Waals surface area contributed by atoms with Crippen LogP contribution in [0.2, 0.25) is 0 Å². The summed E-state index contributed by atoms with van der Waals surface area (Å²) in [4.78, 5) is 9.77. The van der Waals surface area contributed by atoms with Crippen LogP contribution < -0.4 is 10.6 Å². The molecule has 2 N–H and O–H groups in total. The van der Waals surface area contributed by atoms with E-state index in [-0.39, 0.29) is 17.8 Å². The van der Waals surface area contributed by atoms with Crippen LogP contribution in [0, 0.1) is 10.1 Å². The summed E-state index contributed by atoms with van der Waals surface area (Å²) >= 11 is 0. The molecule has 1 aliphatic rings. The van der Waals surface area contributed by atoms with Gasteiger partial charge in [0, 0.05) is 38.0 Å². The number of halogens is 3. The third kappa shape index (κ3) is 3.42. The lowest BCUT2D eigenvalue weighted by molar-refractivity contribution is -0.385. The summed E-state index contributed by atoms with van der Waals surface area (Å²) in [7, 11) is 1.48. The molecule has 6 nitrogen and oxygen atoms in total. The normalized spacial score (nSPS) is 22.3. The maximum absolute atomic E-state index is 13.0. The van der Waals surface area contributed by atoms with Crippen molar-refractivity contribution in [1.29, 1.82) is 0 Å². The number of nitro benzene ring substituents is 1. The minimum absolute atomic E-state index is 0.191. The summed E-state index contributed by atoms with van der Waals surface area (Å²) in [5.41, 5.74) is -1.84. The van der Waals surface area contributed by atoms with E-state index >= 15 is 0 Å². The van der Waals surface area contributed by atoms with Crippen LogP contribution in [-0.4, -0.2) is 37.3 Å². The van der Waals surface area contributed by atoms with Crippen molar-refractivity contribution in [3.8, 4) is 0 Å². The Balaban J connectivity index is 2.32. The first-order valence-electron chi connectivity index (χ1n) is 6.18. The zero-order valence-corrected chi connectivity index (χ0v) is 11.1. The van der Waals surface area contributed by atoms with Gasteiger partial charge in [-0.25, -0.2) is 0 Å². The van der Waals surface area contributed by atoms with Crippen LogP contribution in [0.15, 0.2) is 18.2 Å². The van der Waals surface area contributed by atoms with E-state index in [1.54, 1.807) is 0 Å². The number of nitro groups is 1. The summed E-state index contributed by atoms with van der Waals surface area (Å²) in [5, 5.41) is 16.4. The van der Waals surface area contributed by atoms with Gasteiger partial charge in [0.05, 0.1) is 22.6 Å². The molecule has 1 saturated heterocycles. The maximum atomic E-state index is 13.0. The van der Waals surface area contributed by atoms with Crippen molar-refractivity contribution in [2.75, 3.05) is 25.5 Å². The molecule has 0 radical (unpaired) electrons. The Morgan fingerprint density at radius 3 is 2.71 bits per heavy atom. The maximum Gasteiger partial charge on any atom is 0.418 e. The summed E-state index contributed by atoms with van der Waals surface area (Å²) in [6.07, 6.45) is -4.94. The third-order valence-corrected chi connectivity index (χ3v) is 3.32. The highest BCUT2D eigenvalue weighted by Gasteiger charge is 2.37. The average Bonchev–Trinajstić information content (AvgIpc) is 2.85. The number of ether oxygens (including phenoxy) is 1. The lowest BCUT2D eigenvalue weighted by Gasteiger charge is -2.22. The number of methoxy groups -OCH3 is 1. The van der Waals surface area contributed by atoms with E-state index in [9.17, 15) is 23.3 Å². The average molecular weight is 305 g/mol. The number of nitrogens with one attached hydrogen (secondary N) is 2. The standard InChI is InChI=1S/C12H14F3N3O3/c1-21-11-6-16-5-10(11)17-9-3-2-7(18(19)20)4-8(9)12(13,14)15/h2-4,10-11,16-17H,5-6H2,1H3/t10?,11-/m0/s1. The molecule has 1 heterocycles. The number of alkyl halides is 3. The summed E-state index contributed by atoms with van der Waals surface area (Å²) in [6, 6.07) is 2.32. The van der Waals surface area contributed by atoms with Crippen molar-refractivity contribution in [3.05, 3.63) is 33.9 Å². The lowest BCUT2D eigenvalue weighted by Crippen LogP contribution is -2.34. The predicted octanol–water partition coefficient (Wildman–Crippen LogP) is 2.01. The van der Waals surface area contributed by atoms with Crippen LogP contribution in [0.4, 0.5) is 24.5 Å². The van der Waals surface area contributed by atoms with Crippen LogP contribution in [0.1, 0.15) is 5.56 Å². The predicted molar refractivity (Wildman–Crippen MR) is 69.2 cm³/mol. The van der Waals surface area contributed by atoms with Crippen LogP contribution in [0.25, 0.3) is 0 Å². The van der Waals surface area contributed by atoms with Gasteiger partial charge in [-0.15, -0.1) is 0 Å². The van der Waals surface area contributed by atoms with E-state index in [0.717, 1.165) is 12.1 Å². The molecule has 9 heteroatoms.